The number of amides is 2. The Morgan fingerprint density at radius 2 is 2.07 bits per heavy atom. The molecule has 2 aliphatic rings. The Morgan fingerprint density at radius 3 is 2.79 bits per heavy atom. The minimum Gasteiger partial charge on any atom is -0.459 e. The highest BCUT2D eigenvalue weighted by Gasteiger charge is 2.32. The van der Waals surface area contributed by atoms with Crippen molar-refractivity contribution in [2.45, 2.75) is 44.9 Å². The third-order valence-electron chi connectivity index (χ3n) is 6.00. The minimum absolute atomic E-state index is 0.0333. The van der Waals surface area contributed by atoms with Crippen molar-refractivity contribution in [1.29, 1.82) is 0 Å². The summed E-state index contributed by atoms with van der Waals surface area (Å²) in [4.78, 5) is 28.1. The molecule has 28 heavy (non-hydrogen) atoms. The van der Waals surface area contributed by atoms with Crippen molar-refractivity contribution in [3.63, 3.8) is 0 Å². The molecule has 1 saturated heterocycles. The van der Waals surface area contributed by atoms with E-state index in [1.54, 1.807) is 19.2 Å². The second kappa shape index (κ2) is 7.81. The Morgan fingerprint density at radius 1 is 1.29 bits per heavy atom. The number of hydrogen-bond donors (Lipinski definition) is 0. The smallest absolute Gasteiger partial charge is 0.289 e. The van der Waals surface area contributed by atoms with Crippen LogP contribution in [0.1, 0.15) is 59.7 Å². The monoisotopic (exact) mass is 385 g/mol. The molecule has 2 amide bonds. The highest BCUT2D eigenvalue weighted by molar-refractivity contribution is 5.94. The zero-order valence-electron chi connectivity index (χ0n) is 16.5. The van der Waals surface area contributed by atoms with Gasteiger partial charge in [0, 0.05) is 31.6 Å². The molecule has 7 heteroatoms. The van der Waals surface area contributed by atoms with E-state index < -0.39 is 0 Å². The molecule has 2 aromatic heterocycles. The van der Waals surface area contributed by atoms with Gasteiger partial charge in [-0.25, -0.2) is 0 Å². The van der Waals surface area contributed by atoms with Crippen LogP contribution in [-0.2, 0) is 17.6 Å². The first kappa shape index (κ1) is 18.8. The average Bonchev–Trinajstić information content (AvgIpc) is 3.37. The highest BCUT2D eigenvalue weighted by atomic mass is 16.5. The largest absolute Gasteiger partial charge is 0.459 e. The van der Waals surface area contributed by atoms with E-state index in [1.807, 2.05) is 4.90 Å². The number of fused-ring (bicyclic) bond motifs is 1. The van der Waals surface area contributed by atoms with Crippen LogP contribution in [0.3, 0.4) is 0 Å². The molecule has 2 aromatic rings. The second-order valence-corrected chi connectivity index (χ2v) is 8.11. The van der Waals surface area contributed by atoms with Gasteiger partial charge in [-0.15, -0.1) is 0 Å². The quantitative estimate of drug-likeness (QED) is 0.808. The van der Waals surface area contributed by atoms with Crippen LogP contribution >= 0.6 is 0 Å². The summed E-state index contributed by atoms with van der Waals surface area (Å²) in [5, 5.41) is 4.30. The van der Waals surface area contributed by atoms with Gasteiger partial charge in [-0.3, -0.25) is 9.59 Å². The molecule has 1 aliphatic heterocycles. The molecule has 1 aliphatic carbocycles. The lowest BCUT2D eigenvalue weighted by Crippen LogP contribution is -2.44. The predicted molar refractivity (Wildman–Crippen MR) is 102 cm³/mol. The third kappa shape index (κ3) is 3.70. The van der Waals surface area contributed by atoms with Gasteiger partial charge in [0.15, 0.2) is 5.76 Å². The molecule has 0 radical (unpaired) electrons. The van der Waals surface area contributed by atoms with Crippen molar-refractivity contribution in [1.82, 2.24) is 15.0 Å². The summed E-state index contributed by atoms with van der Waals surface area (Å²) in [6.45, 7) is 3.69. The summed E-state index contributed by atoms with van der Waals surface area (Å²) in [5.41, 5.74) is 2.44. The lowest BCUT2D eigenvalue weighted by molar-refractivity contribution is -0.132. The summed E-state index contributed by atoms with van der Waals surface area (Å²) in [6, 6.07) is 3.27. The maximum Gasteiger partial charge on any atom is 0.289 e. The van der Waals surface area contributed by atoms with Gasteiger partial charge in [-0.2, -0.15) is 0 Å². The van der Waals surface area contributed by atoms with Crippen LogP contribution in [0.2, 0.25) is 0 Å². The van der Waals surface area contributed by atoms with E-state index in [2.05, 4.69) is 12.1 Å². The van der Waals surface area contributed by atoms with Crippen LogP contribution in [-0.4, -0.2) is 53.5 Å². The van der Waals surface area contributed by atoms with Gasteiger partial charge < -0.3 is 18.7 Å². The Hall–Kier alpha value is -2.57. The summed E-state index contributed by atoms with van der Waals surface area (Å²) >= 11 is 0. The molecule has 0 spiro atoms. The molecule has 0 N–H and O–H groups in total. The zero-order chi connectivity index (χ0) is 19.7. The van der Waals surface area contributed by atoms with Crippen molar-refractivity contribution in [2.24, 2.45) is 5.92 Å². The lowest BCUT2D eigenvalue weighted by atomic mass is 9.83. The number of hydrogen-bond acceptors (Lipinski definition) is 5. The van der Waals surface area contributed by atoms with Gasteiger partial charge >= 0.3 is 0 Å². The summed E-state index contributed by atoms with van der Waals surface area (Å²) in [7, 11) is 1.62. The van der Waals surface area contributed by atoms with Crippen LogP contribution in [0.5, 0.6) is 0 Å². The van der Waals surface area contributed by atoms with Gasteiger partial charge in [0.2, 0.25) is 5.91 Å². The zero-order valence-corrected chi connectivity index (χ0v) is 16.5. The molecule has 0 aromatic carbocycles. The van der Waals surface area contributed by atoms with Crippen LogP contribution in [0.4, 0.5) is 0 Å². The number of carbonyl (C=O) groups is 2. The fourth-order valence-corrected chi connectivity index (χ4v) is 4.28. The first-order chi connectivity index (χ1) is 13.5. The lowest BCUT2D eigenvalue weighted by Gasteiger charge is -2.32. The minimum atomic E-state index is -0.282. The molecule has 1 fully saturated rings. The van der Waals surface area contributed by atoms with E-state index in [4.69, 9.17) is 8.94 Å². The number of aryl methyl sites for hydroxylation is 1. The number of rotatable bonds is 4. The van der Waals surface area contributed by atoms with Gasteiger partial charge in [0.25, 0.3) is 5.91 Å². The average molecular weight is 385 g/mol. The number of carbonyl (C=O) groups excluding carboxylic acids is 2. The van der Waals surface area contributed by atoms with E-state index in [0.717, 1.165) is 37.1 Å². The van der Waals surface area contributed by atoms with Gasteiger partial charge in [0.05, 0.1) is 18.5 Å². The molecule has 4 rings (SSSR count). The molecule has 1 atom stereocenters. The number of nitrogens with zero attached hydrogens (tertiary/aromatic N) is 3. The Labute approximate surface area is 164 Å². The fourth-order valence-electron chi connectivity index (χ4n) is 4.28. The standard InChI is InChI=1S/C21H27N3O4/c1-14-5-6-17-16(12-14)20(28-22-17)15-7-9-24(10-8-15)19(25)13-23(2)21(26)18-4-3-11-27-18/h3-4,11,14-15H,5-10,12-13H2,1-2H3. The summed E-state index contributed by atoms with van der Waals surface area (Å²) < 4.78 is 10.8. The van der Waals surface area contributed by atoms with Gasteiger partial charge in [-0.05, 0) is 50.2 Å². The van der Waals surface area contributed by atoms with Crippen molar-refractivity contribution >= 4 is 11.8 Å². The van der Waals surface area contributed by atoms with E-state index in [0.29, 0.717) is 24.9 Å². The highest BCUT2D eigenvalue weighted by Crippen LogP contribution is 2.36. The first-order valence-electron chi connectivity index (χ1n) is 10.1. The number of likely N-dealkylation sites (N-methyl/N-ethyl adjacent to an activating group) is 1. The third-order valence-corrected chi connectivity index (χ3v) is 6.00. The van der Waals surface area contributed by atoms with E-state index in [9.17, 15) is 9.59 Å². The topological polar surface area (TPSA) is 79.8 Å². The predicted octanol–water partition coefficient (Wildman–Crippen LogP) is 2.87. The molecule has 1 unspecified atom stereocenters. The normalized spacial score (nSPS) is 20.1. The molecular formula is C21H27N3O4. The van der Waals surface area contributed by atoms with E-state index >= 15 is 0 Å². The molecule has 0 saturated carbocycles. The van der Waals surface area contributed by atoms with E-state index in [-0.39, 0.29) is 24.1 Å². The number of likely N-dealkylation sites (tertiary alicyclic amines) is 1. The van der Waals surface area contributed by atoms with Gasteiger partial charge in [-0.1, -0.05) is 12.1 Å². The van der Waals surface area contributed by atoms with Crippen molar-refractivity contribution in [2.75, 3.05) is 26.7 Å². The van der Waals surface area contributed by atoms with Crippen LogP contribution in [0, 0.1) is 5.92 Å². The Bertz CT molecular complexity index is 834. The molecular weight excluding hydrogens is 358 g/mol. The maximum atomic E-state index is 12.6. The number of aromatic nitrogens is 1. The first-order valence-corrected chi connectivity index (χ1v) is 10.1. The fraction of sp³-hybridized carbons (Fsp3) is 0.571. The maximum absolute atomic E-state index is 12.6. The van der Waals surface area contributed by atoms with Crippen LogP contribution in [0.15, 0.2) is 27.3 Å². The summed E-state index contributed by atoms with van der Waals surface area (Å²) in [6.07, 6.45) is 6.43. The molecule has 150 valence electrons. The van der Waals surface area contributed by atoms with Crippen LogP contribution in [0.25, 0.3) is 0 Å². The molecule has 7 nitrogen and oxygen atoms in total. The number of piperidine rings is 1. The summed E-state index contributed by atoms with van der Waals surface area (Å²) in [5.74, 6) is 1.98. The molecule has 3 heterocycles. The Balaban J connectivity index is 1.32. The van der Waals surface area contributed by atoms with Crippen molar-refractivity contribution in [3.05, 3.63) is 41.2 Å². The van der Waals surface area contributed by atoms with Crippen molar-refractivity contribution in [3.8, 4) is 0 Å². The van der Waals surface area contributed by atoms with Crippen LogP contribution < -0.4 is 0 Å². The Kier molecular flexibility index (Phi) is 5.24. The van der Waals surface area contributed by atoms with Crippen molar-refractivity contribution < 1.29 is 18.5 Å². The van der Waals surface area contributed by atoms with E-state index in [1.165, 1.54) is 23.1 Å². The SMILES string of the molecule is CC1CCc2noc(C3CCN(C(=O)CN(C)C(=O)c4ccco4)CC3)c2C1. The molecule has 0 bridgehead atoms. The van der Waals surface area contributed by atoms with Gasteiger partial charge in [0.1, 0.15) is 5.76 Å². The second-order valence-electron chi connectivity index (χ2n) is 8.11. The number of furan rings is 1.